The van der Waals surface area contributed by atoms with Crippen LogP contribution in [-0.2, 0) is 0 Å². The molecule has 0 amide bonds. The number of nitrogens with zero attached hydrogens (tertiary/aromatic N) is 2. The Hall–Kier alpha value is -0.150. The Morgan fingerprint density at radius 2 is 2.27 bits per heavy atom. The first-order valence-corrected chi connectivity index (χ1v) is 4.28. The molecule has 1 fully saturated rings. The van der Waals surface area contributed by atoms with Gasteiger partial charge in [-0.2, -0.15) is 0 Å². The molecule has 0 saturated carbocycles. The Labute approximate surface area is 67.8 Å². The third-order valence-corrected chi connectivity index (χ3v) is 2.15. The fourth-order valence-corrected chi connectivity index (χ4v) is 1.35. The zero-order chi connectivity index (χ0) is 8.10. The van der Waals surface area contributed by atoms with E-state index in [9.17, 15) is 4.39 Å². The molecule has 1 atom stereocenters. The molecule has 1 saturated heterocycles. The SMILES string of the molecule is CC(CF)N1CCC[N]CC1. The Balaban J connectivity index is 2.30. The molecule has 3 heteroatoms. The van der Waals surface area contributed by atoms with Crippen LogP contribution in [0.5, 0.6) is 0 Å². The van der Waals surface area contributed by atoms with Gasteiger partial charge in [0.1, 0.15) is 6.67 Å². The lowest BCUT2D eigenvalue weighted by molar-refractivity contribution is 0.189. The van der Waals surface area contributed by atoms with E-state index in [1.54, 1.807) is 0 Å². The number of hydrogen-bond donors (Lipinski definition) is 0. The summed E-state index contributed by atoms with van der Waals surface area (Å²) in [6.45, 7) is 5.48. The van der Waals surface area contributed by atoms with Crippen LogP contribution in [0.3, 0.4) is 0 Å². The highest BCUT2D eigenvalue weighted by Crippen LogP contribution is 2.02. The second kappa shape index (κ2) is 4.67. The number of halogens is 1. The molecule has 1 radical (unpaired) electrons. The van der Waals surface area contributed by atoms with E-state index in [-0.39, 0.29) is 12.7 Å². The molecule has 0 aromatic carbocycles. The molecule has 1 rings (SSSR count). The van der Waals surface area contributed by atoms with Crippen LogP contribution in [0, 0.1) is 0 Å². The lowest BCUT2D eigenvalue weighted by Crippen LogP contribution is -2.36. The normalized spacial score (nSPS) is 24.5. The monoisotopic (exact) mass is 159 g/mol. The van der Waals surface area contributed by atoms with E-state index >= 15 is 0 Å². The summed E-state index contributed by atoms with van der Waals surface area (Å²) in [5.74, 6) is 0. The van der Waals surface area contributed by atoms with Crippen molar-refractivity contribution in [3.63, 3.8) is 0 Å². The zero-order valence-corrected chi connectivity index (χ0v) is 7.09. The smallest absolute Gasteiger partial charge is 0.105 e. The number of hydrogen-bond acceptors (Lipinski definition) is 1. The molecule has 0 spiro atoms. The summed E-state index contributed by atoms with van der Waals surface area (Å²) in [6, 6.07) is 0.0864. The van der Waals surface area contributed by atoms with Crippen molar-refractivity contribution in [3.8, 4) is 0 Å². The number of rotatable bonds is 2. The fraction of sp³-hybridized carbons (Fsp3) is 1.00. The largest absolute Gasteiger partial charge is 0.297 e. The van der Waals surface area contributed by atoms with Crippen LogP contribution in [0.15, 0.2) is 0 Å². The first kappa shape index (κ1) is 8.94. The summed E-state index contributed by atoms with van der Waals surface area (Å²) in [5.41, 5.74) is 0. The molecule has 65 valence electrons. The number of alkyl halides is 1. The van der Waals surface area contributed by atoms with Gasteiger partial charge in [-0.25, -0.2) is 9.71 Å². The van der Waals surface area contributed by atoms with Crippen LogP contribution >= 0.6 is 0 Å². The Bertz CT molecular complexity index is 100. The second-order valence-corrected chi connectivity index (χ2v) is 3.06. The van der Waals surface area contributed by atoms with Crippen LogP contribution < -0.4 is 5.32 Å². The van der Waals surface area contributed by atoms with E-state index in [1.165, 1.54) is 0 Å². The molecule has 1 aliphatic rings. The minimum absolute atomic E-state index is 0.0864. The second-order valence-electron chi connectivity index (χ2n) is 3.06. The minimum atomic E-state index is -0.236. The van der Waals surface area contributed by atoms with E-state index in [0.29, 0.717) is 0 Å². The van der Waals surface area contributed by atoms with Gasteiger partial charge in [-0.05, 0) is 19.9 Å². The van der Waals surface area contributed by atoms with Gasteiger partial charge in [0, 0.05) is 25.7 Å². The van der Waals surface area contributed by atoms with Gasteiger partial charge in [-0.3, -0.25) is 4.90 Å². The van der Waals surface area contributed by atoms with Crippen molar-refractivity contribution in [2.24, 2.45) is 0 Å². The molecule has 0 aliphatic carbocycles. The Morgan fingerprint density at radius 3 is 3.00 bits per heavy atom. The molecule has 0 aromatic rings. The summed E-state index contributed by atoms with van der Waals surface area (Å²) >= 11 is 0. The van der Waals surface area contributed by atoms with Gasteiger partial charge in [0.2, 0.25) is 0 Å². The van der Waals surface area contributed by atoms with Gasteiger partial charge < -0.3 is 0 Å². The highest BCUT2D eigenvalue weighted by Gasteiger charge is 2.14. The average Bonchev–Trinajstić information content (AvgIpc) is 2.30. The van der Waals surface area contributed by atoms with Crippen LogP contribution in [0.25, 0.3) is 0 Å². The average molecular weight is 159 g/mol. The molecular weight excluding hydrogens is 143 g/mol. The van der Waals surface area contributed by atoms with E-state index in [2.05, 4.69) is 10.2 Å². The highest BCUT2D eigenvalue weighted by molar-refractivity contribution is 4.70. The van der Waals surface area contributed by atoms with Crippen molar-refractivity contribution in [1.29, 1.82) is 0 Å². The maximum Gasteiger partial charge on any atom is 0.105 e. The summed E-state index contributed by atoms with van der Waals surface area (Å²) < 4.78 is 12.2. The lowest BCUT2D eigenvalue weighted by atomic mass is 10.3. The summed E-state index contributed by atoms with van der Waals surface area (Å²) in [4.78, 5) is 2.18. The Kier molecular flexibility index (Phi) is 3.80. The summed E-state index contributed by atoms with van der Waals surface area (Å²) in [7, 11) is 0. The van der Waals surface area contributed by atoms with Crippen molar-refractivity contribution in [1.82, 2.24) is 10.2 Å². The van der Waals surface area contributed by atoms with Crippen molar-refractivity contribution >= 4 is 0 Å². The van der Waals surface area contributed by atoms with Crippen LogP contribution in [0.1, 0.15) is 13.3 Å². The molecule has 0 N–H and O–H groups in total. The van der Waals surface area contributed by atoms with Crippen LogP contribution in [-0.4, -0.2) is 43.8 Å². The van der Waals surface area contributed by atoms with Gasteiger partial charge in [0.15, 0.2) is 0 Å². The molecule has 11 heavy (non-hydrogen) atoms. The topological polar surface area (TPSA) is 17.3 Å². The highest BCUT2D eigenvalue weighted by atomic mass is 19.1. The first-order valence-electron chi connectivity index (χ1n) is 4.28. The quantitative estimate of drug-likeness (QED) is 0.578. The molecule has 1 unspecified atom stereocenters. The fourth-order valence-electron chi connectivity index (χ4n) is 1.35. The van der Waals surface area contributed by atoms with Gasteiger partial charge >= 0.3 is 0 Å². The predicted octanol–water partition coefficient (Wildman–Crippen LogP) is 0.655. The van der Waals surface area contributed by atoms with Gasteiger partial charge in [-0.15, -0.1) is 0 Å². The third kappa shape index (κ3) is 2.75. The molecular formula is C8H16FN2. The van der Waals surface area contributed by atoms with Gasteiger partial charge in [0.05, 0.1) is 0 Å². The van der Waals surface area contributed by atoms with E-state index < -0.39 is 0 Å². The van der Waals surface area contributed by atoms with Crippen molar-refractivity contribution in [3.05, 3.63) is 0 Å². The summed E-state index contributed by atoms with van der Waals surface area (Å²) in [5, 5.41) is 4.27. The van der Waals surface area contributed by atoms with Gasteiger partial charge in [0.25, 0.3) is 0 Å². The molecule has 0 bridgehead atoms. The lowest BCUT2D eigenvalue weighted by Gasteiger charge is -2.24. The summed E-state index contributed by atoms with van der Waals surface area (Å²) in [6.07, 6.45) is 1.09. The molecule has 2 nitrogen and oxygen atoms in total. The maximum atomic E-state index is 12.2. The van der Waals surface area contributed by atoms with E-state index in [0.717, 1.165) is 32.6 Å². The molecule has 0 aromatic heterocycles. The van der Waals surface area contributed by atoms with Crippen molar-refractivity contribution in [2.45, 2.75) is 19.4 Å². The maximum absolute atomic E-state index is 12.2. The third-order valence-electron chi connectivity index (χ3n) is 2.15. The van der Waals surface area contributed by atoms with Crippen molar-refractivity contribution < 1.29 is 4.39 Å². The van der Waals surface area contributed by atoms with E-state index in [1.807, 2.05) is 6.92 Å². The first-order chi connectivity index (χ1) is 5.34. The van der Waals surface area contributed by atoms with Crippen molar-refractivity contribution in [2.75, 3.05) is 32.9 Å². The van der Waals surface area contributed by atoms with Crippen LogP contribution in [0.4, 0.5) is 4.39 Å². The molecule has 1 aliphatic heterocycles. The van der Waals surface area contributed by atoms with E-state index in [4.69, 9.17) is 0 Å². The standard InChI is InChI=1S/C8H16FN2/c1-8(7-9)11-5-2-3-10-4-6-11/h8H,2-7H2,1H3. The zero-order valence-electron chi connectivity index (χ0n) is 7.09. The Morgan fingerprint density at radius 1 is 1.45 bits per heavy atom. The minimum Gasteiger partial charge on any atom is -0.297 e. The predicted molar refractivity (Wildman–Crippen MR) is 43.5 cm³/mol. The van der Waals surface area contributed by atoms with Crippen LogP contribution in [0.2, 0.25) is 0 Å². The molecule has 1 heterocycles. The van der Waals surface area contributed by atoms with Gasteiger partial charge in [-0.1, -0.05) is 0 Å².